The van der Waals surface area contributed by atoms with Crippen LogP contribution in [0.15, 0.2) is 53.4 Å². The van der Waals surface area contributed by atoms with Crippen molar-refractivity contribution in [1.82, 2.24) is 14.9 Å². The molecule has 1 aliphatic rings. The first-order valence-electron chi connectivity index (χ1n) is 11.2. The molecular weight excluding hydrogens is 462 g/mol. The number of piperidine rings is 1. The van der Waals surface area contributed by atoms with E-state index in [1.54, 1.807) is 40.7 Å². The fourth-order valence-electron chi connectivity index (χ4n) is 3.91. The number of carbonyl (C=O) groups is 2. The van der Waals surface area contributed by atoms with Gasteiger partial charge in [0, 0.05) is 30.7 Å². The fraction of sp³-hybridized carbons (Fsp3) is 0.417. The van der Waals surface area contributed by atoms with E-state index in [-0.39, 0.29) is 17.5 Å². The zero-order valence-corrected chi connectivity index (χ0v) is 20.3. The van der Waals surface area contributed by atoms with Crippen molar-refractivity contribution in [3.8, 4) is 0 Å². The van der Waals surface area contributed by atoms with Crippen molar-refractivity contribution in [2.75, 3.05) is 19.6 Å². The third-order valence-corrected chi connectivity index (χ3v) is 8.00. The van der Waals surface area contributed by atoms with Gasteiger partial charge in [-0.3, -0.25) is 9.59 Å². The van der Waals surface area contributed by atoms with E-state index in [1.165, 1.54) is 0 Å². The van der Waals surface area contributed by atoms with Crippen LogP contribution in [-0.2, 0) is 26.0 Å². The molecule has 2 aromatic carbocycles. The van der Waals surface area contributed by atoms with Crippen molar-refractivity contribution < 1.29 is 18.0 Å². The van der Waals surface area contributed by atoms with E-state index >= 15 is 0 Å². The van der Waals surface area contributed by atoms with Crippen LogP contribution in [0.25, 0.3) is 0 Å². The number of carbonyl (C=O) groups excluding carboxylic acids is 2. The Hall–Kier alpha value is -2.42. The Morgan fingerprint density at radius 2 is 1.61 bits per heavy atom. The fourth-order valence-corrected chi connectivity index (χ4v) is 5.76. The molecule has 1 fully saturated rings. The van der Waals surface area contributed by atoms with Gasteiger partial charge in [0.15, 0.2) is 0 Å². The molecule has 1 heterocycles. The van der Waals surface area contributed by atoms with Gasteiger partial charge in [-0.2, -0.15) is 4.31 Å². The second kappa shape index (κ2) is 11.6. The van der Waals surface area contributed by atoms with E-state index < -0.39 is 21.8 Å². The number of nitrogens with one attached hydrogen (secondary N) is 2. The average molecular weight is 492 g/mol. The van der Waals surface area contributed by atoms with E-state index in [0.29, 0.717) is 31.0 Å². The topological polar surface area (TPSA) is 95.6 Å². The quantitative estimate of drug-likeness (QED) is 0.555. The highest BCUT2D eigenvalue weighted by molar-refractivity contribution is 7.89. The van der Waals surface area contributed by atoms with E-state index in [9.17, 15) is 18.0 Å². The van der Waals surface area contributed by atoms with Crippen LogP contribution in [0, 0.1) is 6.92 Å². The first-order valence-corrected chi connectivity index (χ1v) is 13.0. The summed E-state index contributed by atoms with van der Waals surface area (Å²) >= 11 is 5.85. The van der Waals surface area contributed by atoms with Gasteiger partial charge in [0.05, 0.1) is 4.90 Å². The number of amides is 2. The number of hydrogen-bond acceptors (Lipinski definition) is 4. The molecule has 2 aromatic rings. The second-order valence-electron chi connectivity index (χ2n) is 8.26. The molecular formula is C24H30ClN3O4S. The highest BCUT2D eigenvalue weighted by Gasteiger charge is 2.33. The highest BCUT2D eigenvalue weighted by Crippen LogP contribution is 2.27. The molecule has 0 aliphatic carbocycles. The molecule has 2 N–H and O–H groups in total. The summed E-state index contributed by atoms with van der Waals surface area (Å²) in [7, 11) is -3.60. The molecule has 1 aliphatic heterocycles. The Morgan fingerprint density at radius 3 is 2.27 bits per heavy atom. The molecule has 178 valence electrons. The summed E-state index contributed by atoms with van der Waals surface area (Å²) in [5.41, 5.74) is 2.01. The minimum Gasteiger partial charge on any atom is -0.348 e. The molecule has 1 atom stereocenters. The lowest BCUT2D eigenvalue weighted by Crippen LogP contribution is -2.46. The van der Waals surface area contributed by atoms with Gasteiger partial charge in [0.2, 0.25) is 10.0 Å². The van der Waals surface area contributed by atoms with E-state index in [2.05, 4.69) is 10.6 Å². The minimum atomic E-state index is -3.60. The largest absolute Gasteiger partial charge is 0.348 e. The summed E-state index contributed by atoms with van der Waals surface area (Å²) in [4.78, 5) is 24.5. The van der Waals surface area contributed by atoms with Crippen LogP contribution >= 0.6 is 11.6 Å². The maximum absolute atomic E-state index is 13.1. The van der Waals surface area contributed by atoms with Gasteiger partial charge in [-0.15, -0.1) is 0 Å². The van der Waals surface area contributed by atoms with Crippen LogP contribution in [0.3, 0.4) is 0 Å². The molecule has 0 spiro atoms. The molecule has 1 unspecified atom stereocenters. The minimum absolute atomic E-state index is 0.210. The first kappa shape index (κ1) is 25.2. The maximum atomic E-state index is 13.1. The van der Waals surface area contributed by atoms with Crippen LogP contribution in [0.2, 0.25) is 5.02 Å². The number of rotatable bonds is 8. The number of sulfonamides is 1. The van der Waals surface area contributed by atoms with Gasteiger partial charge in [-0.1, -0.05) is 47.9 Å². The molecule has 7 nitrogen and oxygen atoms in total. The van der Waals surface area contributed by atoms with Gasteiger partial charge >= 0.3 is 11.8 Å². The summed E-state index contributed by atoms with van der Waals surface area (Å²) in [6, 6.07) is 13.9. The zero-order chi connectivity index (χ0) is 23.8. The molecule has 3 rings (SSSR count). The summed E-state index contributed by atoms with van der Waals surface area (Å²) in [6.45, 7) is 2.93. The van der Waals surface area contributed by atoms with Gasteiger partial charge in [-0.25, -0.2) is 8.42 Å². The number of aryl methyl sites for hydroxylation is 1. The molecule has 1 saturated heterocycles. The Balaban J connectivity index is 1.47. The lowest BCUT2D eigenvalue weighted by atomic mass is 10.0. The Bertz CT molecular complexity index is 1060. The van der Waals surface area contributed by atoms with Crippen LogP contribution in [0.5, 0.6) is 0 Å². The van der Waals surface area contributed by atoms with E-state index in [0.717, 1.165) is 30.4 Å². The van der Waals surface area contributed by atoms with Crippen molar-refractivity contribution in [3.63, 3.8) is 0 Å². The standard InChI is InChI=1S/C24H30ClN3O4S/c1-18-5-11-22(12-6-18)33(31,32)28-17-3-2-4-21(28)14-16-27-24(30)23(29)26-15-13-19-7-9-20(25)10-8-19/h5-12,21H,2-4,13-17H2,1H3,(H,26,29)(H,27,30). The van der Waals surface area contributed by atoms with E-state index in [1.807, 2.05) is 19.1 Å². The molecule has 33 heavy (non-hydrogen) atoms. The molecule has 0 radical (unpaired) electrons. The summed E-state index contributed by atoms with van der Waals surface area (Å²) in [5, 5.41) is 5.86. The summed E-state index contributed by atoms with van der Waals surface area (Å²) in [5.74, 6) is -1.41. The van der Waals surface area contributed by atoms with Gasteiger partial charge < -0.3 is 10.6 Å². The molecule has 0 bridgehead atoms. The monoisotopic (exact) mass is 491 g/mol. The molecule has 0 saturated carbocycles. The predicted octanol–water partition coefficient (Wildman–Crippen LogP) is 3.06. The predicted molar refractivity (Wildman–Crippen MR) is 129 cm³/mol. The van der Waals surface area contributed by atoms with Crippen molar-refractivity contribution >= 4 is 33.4 Å². The van der Waals surface area contributed by atoms with Crippen molar-refractivity contribution in [2.24, 2.45) is 0 Å². The second-order valence-corrected chi connectivity index (χ2v) is 10.6. The van der Waals surface area contributed by atoms with Crippen LogP contribution in [0.1, 0.15) is 36.8 Å². The van der Waals surface area contributed by atoms with Gasteiger partial charge in [0.1, 0.15) is 0 Å². The van der Waals surface area contributed by atoms with Crippen LogP contribution < -0.4 is 10.6 Å². The average Bonchev–Trinajstić information content (AvgIpc) is 2.80. The SMILES string of the molecule is Cc1ccc(S(=O)(=O)N2CCCCC2CCNC(=O)C(=O)NCCc2ccc(Cl)cc2)cc1. The first-order chi connectivity index (χ1) is 15.8. The van der Waals surface area contributed by atoms with Crippen molar-refractivity contribution in [3.05, 3.63) is 64.7 Å². The Morgan fingerprint density at radius 1 is 0.970 bits per heavy atom. The summed E-state index contributed by atoms with van der Waals surface area (Å²) in [6.07, 6.45) is 3.51. The van der Waals surface area contributed by atoms with Crippen molar-refractivity contribution in [1.29, 1.82) is 0 Å². The third kappa shape index (κ3) is 7.03. The van der Waals surface area contributed by atoms with Crippen LogP contribution in [-0.4, -0.2) is 50.2 Å². The van der Waals surface area contributed by atoms with Gasteiger partial charge in [-0.05, 0) is 62.4 Å². The van der Waals surface area contributed by atoms with E-state index in [4.69, 9.17) is 11.6 Å². The smallest absolute Gasteiger partial charge is 0.309 e. The highest BCUT2D eigenvalue weighted by atomic mass is 35.5. The normalized spacial score (nSPS) is 16.8. The third-order valence-electron chi connectivity index (χ3n) is 5.78. The number of hydrogen-bond donors (Lipinski definition) is 2. The lowest BCUT2D eigenvalue weighted by Gasteiger charge is -2.34. The van der Waals surface area contributed by atoms with Crippen molar-refractivity contribution in [2.45, 2.75) is 50.0 Å². The van der Waals surface area contributed by atoms with Gasteiger partial charge in [0.25, 0.3) is 0 Å². The Kier molecular flexibility index (Phi) is 8.88. The Labute approximate surface area is 200 Å². The zero-order valence-electron chi connectivity index (χ0n) is 18.7. The van der Waals surface area contributed by atoms with Crippen LogP contribution in [0.4, 0.5) is 0 Å². The molecule has 0 aromatic heterocycles. The number of benzene rings is 2. The lowest BCUT2D eigenvalue weighted by molar-refractivity contribution is -0.139. The summed E-state index contributed by atoms with van der Waals surface area (Å²) < 4.78 is 27.8. The molecule has 9 heteroatoms. The maximum Gasteiger partial charge on any atom is 0.309 e. The number of halogens is 1. The number of nitrogens with zero attached hydrogens (tertiary/aromatic N) is 1. The molecule has 2 amide bonds.